The van der Waals surface area contributed by atoms with Gasteiger partial charge in [0.05, 0.1) is 42.9 Å². The van der Waals surface area contributed by atoms with Gasteiger partial charge in [-0.3, -0.25) is 14.9 Å². The Morgan fingerprint density at radius 1 is 1.62 bits per heavy atom. The third-order valence-electron chi connectivity index (χ3n) is 3.29. The number of carbonyl (C=O) groups is 1. The smallest absolute Gasteiger partial charge is 0.273 e. The highest BCUT2D eigenvalue weighted by Crippen LogP contribution is 2.27. The zero-order valence-corrected chi connectivity index (χ0v) is 13.0. The first kappa shape index (κ1) is 15.7. The van der Waals surface area contributed by atoms with Gasteiger partial charge in [0.1, 0.15) is 5.75 Å². The Morgan fingerprint density at radius 3 is 3.00 bits per heavy atom. The number of amides is 1. The van der Waals surface area contributed by atoms with Crippen molar-refractivity contribution < 1.29 is 19.2 Å². The van der Waals surface area contributed by atoms with E-state index >= 15 is 0 Å². The molecular weight excluding hydrogens is 344 g/mol. The number of ether oxygens (including phenoxy) is 2. The maximum absolute atomic E-state index is 12.6. The van der Waals surface area contributed by atoms with E-state index in [0.29, 0.717) is 30.7 Å². The average Bonchev–Trinajstić information content (AvgIpc) is 2.53. The number of benzene rings is 1. The fourth-order valence-electron chi connectivity index (χ4n) is 2.17. The fraction of sp³-hybridized carbons (Fsp3) is 0.462. The van der Waals surface area contributed by atoms with Gasteiger partial charge in [0.25, 0.3) is 11.6 Å². The van der Waals surface area contributed by atoms with E-state index in [4.69, 9.17) is 9.47 Å². The van der Waals surface area contributed by atoms with Crippen LogP contribution in [0.15, 0.2) is 18.2 Å². The third-order valence-corrected chi connectivity index (χ3v) is 4.04. The highest BCUT2D eigenvalue weighted by atomic mass is 79.9. The molecule has 7 nitrogen and oxygen atoms in total. The topological polar surface area (TPSA) is 81.9 Å². The number of morpholine rings is 1. The third kappa shape index (κ3) is 3.33. The second kappa shape index (κ2) is 6.86. The first-order chi connectivity index (χ1) is 10.1. The van der Waals surface area contributed by atoms with Crippen molar-refractivity contribution in [1.29, 1.82) is 0 Å². The van der Waals surface area contributed by atoms with Crippen LogP contribution < -0.4 is 4.74 Å². The molecule has 1 aromatic carbocycles. The Balaban J connectivity index is 2.31. The monoisotopic (exact) mass is 358 g/mol. The Morgan fingerprint density at radius 2 is 2.38 bits per heavy atom. The number of nitrogens with zero attached hydrogens (tertiary/aromatic N) is 2. The van der Waals surface area contributed by atoms with Crippen molar-refractivity contribution in [3.05, 3.63) is 33.9 Å². The summed E-state index contributed by atoms with van der Waals surface area (Å²) < 4.78 is 10.5. The van der Waals surface area contributed by atoms with E-state index in [1.165, 1.54) is 25.3 Å². The minimum Gasteiger partial charge on any atom is -0.496 e. The Kier molecular flexibility index (Phi) is 5.13. The second-order valence-electron chi connectivity index (χ2n) is 4.52. The van der Waals surface area contributed by atoms with Crippen LogP contribution in [0, 0.1) is 10.1 Å². The normalized spacial score (nSPS) is 18.4. The predicted octanol–water partition coefficient (Wildman–Crippen LogP) is 1.84. The summed E-state index contributed by atoms with van der Waals surface area (Å²) in [5.74, 6) is -0.0106. The van der Waals surface area contributed by atoms with Crippen LogP contribution in [0.2, 0.25) is 0 Å². The molecule has 0 spiro atoms. The standard InChI is InChI=1S/C13H15BrN2O5/c1-20-12-6-9(16(18)19)2-3-11(12)13(17)15-4-5-21-8-10(15)7-14/h2-3,6,10H,4-5,7-8H2,1H3. The molecule has 8 heteroatoms. The largest absolute Gasteiger partial charge is 0.496 e. The first-order valence-electron chi connectivity index (χ1n) is 6.35. The lowest BCUT2D eigenvalue weighted by Gasteiger charge is -2.34. The molecule has 1 fully saturated rings. The molecule has 0 radical (unpaired) electrons. The van der Waals surface area contributed by atoms with Crippen LogP contribution in [-0.4, -0.2) is 54.0 Å². The van der Waals surface area contributed by atoms with Crippen molar-refractivity contribution in [2.75, 3.05) is 32.2 Å². The van der Waals surface area contributed by atoms with Crippen molar-refractivity contribution in [3.8, 4) is 5.75 Å². The number of non-ortho nitro benzene ring substituents is 1. The minimum absolute atomic E-state index is 0.0638. The van der Waals surface area contributed by atoms with Crippen LogP contribution in [0.5, 0.6) is 5.75 Å². The Hall–Kier alpha value is -1.67. The van der Waals surface area contributed by atoms with Gasteiger partial charge in [-0.2, -0.15) is 0 Å². The number of halogens is 1. The average molecular weight is 359 g/mol. The van der Waals surface area contributed by atoms with Gasteiger partial charge < -0.3 is 14.4 Å². The maximum Gasteiger partial charge on any atom is 0.273 e. The molecule has 1 amide bonds. The van der Waals surface area contributed by atoms with Crippen molar-refractivity contribution in [3.63, 3.8) is 0 Å². The lowest BCUT2D eigenvalue weighted by atomic mass is 10.1. The molecular formula is C13H15BrN2O5. The SMILES string of the molecule is COc1cc([N+](=O)[O-])ccc1C(=O)N1CCOCC1CBr. The first-order valence-corrected chi connectivity index (χ1v) is 7.47. The molecule has 1 atom stereocenters. The molecule has 0 aliphatic carbocycles. The number of hydrogen-bond donors (Lipinski definition) is 0. The van der Waals surface area contributed by atoms with Crippen molar-refractivity contribution in [2.24, 2.45) is 0 Å². The highest BCUT2D eigenvalue weighted by molar-refractivity contribution is 9.09. The van der Waals surface area contributed by atoms with Gasteiger partial charge in [-0.25, -0.2) is 0 Å². The van der Waals surface area contributed by atoms with Crippen molar-refractivity contribution in [1.82, 2.24) is 4.90 Å². The van der Waals surface area contributed by atoms with Gasteiger partial charge in [-0.1, -0.05) is 15.9 Å². The van der Waals surface area contributed by atoms with Crippen molar-refractivity contribution >= 4 is 27.5 Å². The van der Waals surface area contributed by atoms with Gasteiger partial charge >= 0.3 is 0 Å². The van der Waals surface area contributed by atoms with E-state index < -0.39 is 4.92 Å². The predicted molar refractivity (Wildman–Crippen MR) is 79.1 cm³/mol. The van der Waals surface area contributed by atoms with Crippen LogP contribution in [0.1, 0.15) is 10.4 Å². The van der Waals surface area contributed by atoms with Gasteiger partial charge in [0, 0.05) is 17.9 Å². The molecule has 0 saturated carbocycles. The van der Waals surface area contributed by atoms with Gasteiger partial charge in [-0.05, 0) is 6.07 Å². The molecule has 1 heterocycles. The molecule has 1 aromatic rings. The molecule has 1 aliphatic rings. The van der Waals surface area contributed by atoms with E-state index in [9.17, 15) is 14.9 Å². The van der Waals surface area contributed by atoms with E-state index in [0.717, 1.165) is 0 Å². The molecule has 21 heavy (non-hydrogen) atoms. The molecule has 2 rings (SSSR count). The van der Waals surface area contributed by atoms with Crippen LogP contribution >= 0.6 is 15.9 Å². The number of nitro benzene ring substituents is 1. The van der Waals surface area contributed by atoms with Crippen LogP contribution in [0.3, 0.4) is 0 Å². The molecule has 1 unspecified atom stereocenters. The number of alkyl halides is 1. The van der Waals surface area contributed by atoms with Crippen LogP contribution in [-0.2, 0) is 4.74 Å². The Bertz CT molecular complexity index is 551. The van der Waals surface area contributed by atoms with E-state index in [2.05, 4.69) is 15.9 Å². The van der Waals surface area contributed by atoms with Gasteiger partial charge in [-0.15, -0.1) is 0 Å². The summed E-state index contributed by atoms with van der Waals surface area (Å²) in [6, 6.07) is 3.93. The van der Waals surface area contributed by atoms with Crippen molar-refractivity contribution in [2.45, 2.75) is 6.04 Å². The minimum atomic E-state index is -0.521. The fourth-order valence-corrected chi connectivity index (χ4v) is 2.71. The van der Waals surface area contributed by atoms with E-state index in [1.54, 1.807) is 4.90 Å². The molecule has 0 bridgehead atoms. The number of carbonyl (C=O) groups excluding carboxylic acids is 1. The summed E-state index contributed by atoms with van der Waals surface area (Å²) >= 11 is 3.36. The van der Waals surface area contributed by atoms with Gasteiger partial charge in [0.2, 0.25) is 0 Å². The number of hydrogen-bond acceptors (Lipinski definition) is 5. The number of methoxy groups -OCH3 is 1. The second-order valence-corrected chi connectivity index (χ2v) is 5.17. The van der Waals surface area contributed by atoms with Gasteiger partial charge in [0.15, 0.2) is 0 Å². The number of nitro groups is 1. The summed E-state index contributed by atoms with van der Waals surface area (Å²) in [7, 11) is 1.39. The van der Waals surface area contributed by atoms with E-state index in [1.807, 2.05) is 0 Å². The van der Waals surface area contributed by atoms with E-state index in [-0.39, 0.29) is 23.4 Å². The zero-order valence-electron chi connectivity index (χ0n) is 11.5. The summed E-state index contributed by atoms with van der Waals surface area (Å²) in [6.07, 6.45) is 0. The molecule has 0 N–H and O–H groups in total. The van der Waals surface area contributed by atoms with Crippen LogP contribution in [0.4, 0.5) is 5.69 Å². The molecule has 1 aliphatic heterocycles. The molecule has 114 valence electrons. The zero-order chi connectivity index (χ0) is 15.4. The molecule has 1 saturated heterocycles. The number of rotatable bonds is 4. The molecule has 0 aromatic heterocycles. The van der Waals surface area contributed by atoms with Crippen LogP contribution in [0.25, 0.3) is 0 Å². The quantitative estimate of drug-likeness (QED) is 0.466. The summed E-state index contributed by atoms with van der Waals surface area (Å²) in [4.78, 5) is 24.6. The highest BCUT2D eigenvalue weighted by Gasteiger charge is 2.29. The lowest BCUT2D eigenvalue weighted by Crippen LogP contribution is -2.49. The Labute approximate surface area is 130 Å². The summed E-state index contributed by atoms with van der Waals surface area (Å²) in [5, 5.41) is 11.4. The summed E-state index contributed by atoms with van der Waals surface area (Å²) in [5.41, 5.74) is 0.207. The lowest BCUT2D eigenvalue weighted by molar-refractivity contribution is -0.384. The summed E-state index contributed by atoms with van der Waals surface area (Å²) in [6.45, 7) is 1.42. The maximum atomic E-state index is 12.6.